The molecule has 1 fully saturated rings. The van der Waals surface area contributed by atoms with Crippen molar-refractivity contribution in [3.8, 4) is 5.75 Å². The van der Waals surface area contributed by atoms with Crippen molar-refractivity contribution in [3.63, 3.8) is 0 Å². The predicted molar refractivity (Wildman–Crippen MR) is 83.9 cm³/mol. The summed E-state index contributed by atoms with van der Waals surface area (Å²) < 4.78 is 5.53. The zero-order valence-electron chi connectivity index (χ0n) is 12.8. The van der Waals surface area contributed by atoms with Crippen molar-refractivity contribution >= 4 is 11.4 Å². The van der Waals surface area contributed by atoms with Gasteiger partial charge in [0, 0.05) is 24.4 Å². The average Bonchev–Trinajstić information content (AvgIpc) is 2.88. The van der Waals surface area contributed by atoms with Gasteiger partial charge in [-0.3, -0.25) is 10.1 Å². The van der Waals surface area contributed by atoms with E-state index >= 15 is 0 Å². The van der Waals surface area contributed by atoms with Crippen LogP contribution >= 0.6 is 0 Å². The summed E-state index contributed by atoms with van der Waals surface area (Å²) in [6, 6.07) is 4.91. The van der Waals surface area contributed by atoms with Gasteiger partial charge in [0.05, 0.1) is 17.6 Å². The minimum Gasteiger partial charge on any atom is -0.493 e. The molecular formula is C16H24N2O3. The molecule has 1 aliphatic rings. The van der Waals surface area contributed by atoms with Crippen LogP contribution < -0.4 is 10.1 Å². The fourth-order valence-electron chi connectivity index (χ4n) is 2.87. The quantitative estimate of drug-likeness (QED) is 0.603. The van der Waals surface area contributed by atoms with E-state index in [9.17, 15) is 10.1 Å². The molecule has 0 radical (unpaired) electrons. The molecule has 0 aromatic heterocycles. The van der Waals surface area contributed by atoms with Crippen LogP contribution in [0.4, 0.5) is 11.4 Å². The Bertz CT molecular complexity index is 490. The van der Waals surface area contributed by atoms with Crippen molar-refractivity contribution < 1.29 is 9.66 Å². The van der Waals surface area contributed by atoms with Crippen molar-refractivity contribution in [2.75, 3.05) is 18.5 Å². The Morgan fingerprint density at radius 2 is 2.19 bits per heavy atom. The highest BCUT2D eigenvalue weighted by molar-refractivity contribution is 5.56. The monoisotopic (exact) mass is 292 g/mol. The van der Waals surface area contributed by atoms with Crippen LogP contribution in [-0.4, -0.2) is 18.1 Å². The number of ether oxygens (including phenoxy) is 1. The van der Waals surface area contributed by atoms with Gasteiger partial charge in [-0.25, -0.2) is 0 Å². The van der Waals surface area contributed by atoms with Gasteiger partial charge in [0.15, 0.2) is 0 Å². The molecule has 5 heteroatoms. The smallest absolute Gasteiger partial charge is 0.275 e. The minimum atomic E-state index is -0.373. The first-order valence-electron chi connectivity index (χ1n) is 7.74. The largest absolute Gasteiger partial charge is 0.493 e. The van der Waals surface area contributed by atoms with Gasteiger partial charge in [-0.15, -0.1) is 0 Å². The van der Waals surface area contributed by atoms with Crippen molar-refractivity contribution in [1.82, 2.24) is 0 Å². The molecule has 116 valence electrons. The van der Waals surface area contributed by atoms with E-state index in [1.807, 2.05) is 13.0 Å². The van der Waals surface area contributed by atoms with Crippen molar-refractivity contribution in [2.24, 2.45) is 11.8 Å². The molecule has 0 heterocycles. The second-order valence-electron chi connectivity index (χ2n) is 5.99. The second kappa shape index (κ2) is 7.29. The predicted octanol–water partition coefficient (Wildman–Crippen LogP) is 4.23. The highest BCUT2D eigenvalue weighted by Crippen LogP contribution is 2.31. The lowest BCUT2D eigenvalue weighted by molar-refractivity contribution is -0.384. The lowest BCUT2D eigenvalue weighted by Crippen LogP contribution is -2.11. The Morgan fingerprint density at radius 3 is 2.81 bits per heavy atom. The van der Waals surface area contributed by atoms with Crippen LogP contribution in [0.3, 0.4) is 0 Å². The summed E-state index contributed by atoms with van der Waals surface area (Å²) in [4.78, 5) is 10.6. The van der Waals surface area contributed by atoms with E-state index in [4.69, 9.17) is 4.74 Å². The van der Waals surface area contributed by atoms with Gasteiger partial charge in [0.25, 0.3) is 5.69 Å². The summed E-state index contributed by atoms with van der Waals surface area (Å²) in [5.74, 6) is 2.03. The fourth-order valence-corrected chi connectivity index (χ4v) is 2.87. The SMILES string of the molecule is CCCOc1cc(NCC2CCC(C)C2)cc([N+](=O)[O-])c1. The molecule has 1 aliphatic carbocycles. The third-order valence-corrected chi connectivity index (χ3v) is 3.97. The van der Waals surface area contributed by atoms with Gasteiger partial charge < -0.3 is 10.1 Å². The molecule has 0 spiro atoms. The first-order valence-corrected chi connectivity index (χ1v) is 7.74. The van der Waals surface area contributed by atoms with Crippen molar-refractivity contribution in [1.29, 1.82) is 0 Å². The van der Waals surface area contributed by atoms with Crippen LogP contribution in [0, 0.1) is 22.0 Å². The third-order valence-electron chi connectivity index (χ3n) is 3.97. The summed E-state index contributed by atoms with van der Waals surface area (Å²) in [6.07, 6.45) is 4.64. The van der Waals surface area contributed by atoms with E-state index in [1.165, 1.54) is 25.3 Å². The Kier molecular flexibility index (Phi) is 5.42. The first-order chi connectivity index (χ1) is 10.1. The number of anilines is 1. The van der Waals surface area contributed by atoms with Gasteiger partial charge in [-0.1, -0.05) is 20.3 Å². The zero-order chi connectivity index (χ0) is 15.2. The summed E-state index contributed by atoms with van der Waals surface area (Å²) in [7, 11) is 0. The van der Waals surface area contributed by atoms with E-state index in [2.05, 4.69) is 12.2 Å². The zero-order valence-corrected chi connectivity index (χ0v) is 12.8. The van der Waals surface area contributed by atoms with Crippen LogP contribution in [0.25, 0.3) is 0 Å². The number of rotatable bonds is 7. The summed E-state index contributed by atoms with van der Waals surface area (Å²) in [6.45, 7) is 5.74. The molecule has 1 saturated carbocycles. The van der Waals surface area contributed by atoms with E-state index in [0.717, 1.165) is 24.6 Å². The molecule has 0 bridgehead atoms. The standard InChI is InChI=1S/C16H24N2O3/c1-3-6-21-16-9-14(8-15(10-16)18(19)20)17-11-13-5-4-12(2)7-13/h8-10,12-13,17H,3-7,11H2,1-2H3. The molecule has 0 aliphatic heterocycles. The van der Waals surface area contributed by atoms with E-state index in [0.29, 0.717) is 18.3 Å². The normalized spacial score (nSPS) is 21.2. The van der Waals surface area contributed by atoms with Crippen LogP contribution in [-0.2, 0) is 0 Å². The first kappa shape index (κ1) is 15.6. The number of nitrogens with one attached hydrogen (secondary N) is 1. The molecule has 5 nitrogen and oxygen atoms in total. The van der Waals surface area contributed by atoms with Crippen molar-refractivity contribution in [3.05, 3.63) is 28.3 Å². The minimum absolute atomic E-state index is 0.0749. The summed E-state index contributed by atoms with van der Waals surface area (Å²) >= 11 is 0. The second-order valence-corrected chi connectivity index (χ2v) is 5.99. The average molecular weight is 292 g/mol. The number of hydrogen-bond acceptors (Lipinski definition) is 4. The molecule has 2 unspecified atom stereocenters. The van der Waals surface area contributed by atoms with Gasteiger partial charge in [-0.05, 0) is 31.1 Å². The topological polar surface area (TPSA) is 64.4 Å². The van der Waals surface area contributed by atoms with Crippen LogP contribution in [0.5, 0.6) is 5.75 Å². The van der Waals surface area contributed by atoms with Gasteiger partial charge in [0.1, 0.15) is 5.75 Å². The van der Waals surface area contributed by atoms with E-state index in [-0.39, 0.29) is 10.6 Å². The lowest BCUT2D eigenvalue weighted by Gasteiger charge is -2.13. The summed E-state index contributed by atoms with van der Waals surface area (Å²) in [5.41, 5.74) is 0.848. The molecular weight excluding hydrogens is 268 g/mol. The number of benzene rings is 1. The molecule has 2 rings (SSSR count). The highest BCUT2D eigenvalue weighted by Gasteiger charge is 2.21. The maximum atomic E-state index is 11.0. The molecule has 2 atom stereocenters. The maximum Gasteiger partial charge on any atom is 0.275 e. The Labute approximate surface area is 125 Å². The number of nitrogens with zero attached hydrogens (tertiary/aromatic N) is 1. The highest BCUT2D eigenvalue weighted by atomic mass is 16.6. The number of non-ortho nitro benzene ring substituents is 1. The fraction of sp³-hybridized carbons (Fsp3) is 0.625. The summed E-state index contributed by atoms with van der Waals surface area (Å²) in [5, 5.41) is 14.3. The molecule has 0 amide bonds. The molecule has 1 N–H and O–H groups in total. The third kappa shape index (κ3) is 4.62. The molecule has 1 aromatic rings. The molecule has 21 heavy (non-hydrogen) atoms. The van der Waals surface area contributed by atoms with E-state index in [1.54, 1.807) is 6.07 Å². The maximum absolute atomic E-state index is 11.0. The molecule has 0 saturated heterocycles. The Balaban J connectivity index is 2.02. The van der Waals surface area contributed by atoms with Crippen LogP contribution in [0.15, 0.2) is 18.2 Å². The lowest BCUT2D eigenvalue weighted by atomic mass is 10.1. The van der Waals surface area contributed by atoms with Gasteiger partial charge in [-0.2, -0.15) is 0 Å². The van der Waals surface area contributed by atoms with Crippen LogP contribution in [0.2, 0.25) is 0 Å². The van der Waals surface area contributed by atoms with Gasteiger partial charge >= 0.3 is 0 Å². The van der Waals surface area contributed by atoms with Crippen LogP contribution in [0.1, 0.15) is 39.5 Å². The van der Waals surface area contributed by atoms with Gasteiger partial charge in [0.2, 0.25) is 0 Å². The number of nitro benzene ring substituents is 1. The van der Waals surface area contributed by atoms with E-state index < -0.39 is 0 Å². The Morgan fingerprint density at radius 1 is 1.38 bits per heavy atom. The van der Waals surface area contributed by atoms with Crippen molar-refractivity contribution in [2.45, 2.75) is 39.5 Å². The number of nitro groups is 1. The number of hydrogen-bond donors (Lipinski definition) is 1. The molecule has 1 aromatic carbocycles. The Hall–Kier alpha value is -1.78.